The van der Waals surface area contributed by atoms with E-state index in [1.807, 2.05) is 0 Å². The zero-order chi connectivity index (χ0) is 12.3. The topological polar surface area (TPSA) is 101 Å². The second kappa shape index (κ2) is 4.60. The second-order valence-electron chi connectivity index (χ2n) is 3.29. The van der Waals surface area contributed by atoms with Crippen molar-refractivity contribution in [2.45, 2.75) is 13.5 Å². The molecule has 2 heterocycles. The second-order valence-corrected chi connectivity index (χ2v) is 3.29. The molecule has 0 bridgehead atoms. The molecule has 1 amide bonds. The first-order valence-electron chi connectivity index (χ1n) is 4.88. The van der Waals surface area contributed by atoms with Crippen LogP contribution in [0.2, 0.25) is 0 Å². The summed E-state index contributed by atoms with van der Waals surface area (Å²) < 4.78 is 4.82. The van der Waals surface area contributed by atoms with Gasteiger partial charge < -0.3 is 14.9 Å². The molecule has 0 spiro atoms. The Hall–Kier alpha value is -2.44. The third-order valence-corrected chi connectivity index (χ3v) is 1.97. The van der Waals surface area contributed by atoms with Crippen LogP contribution in [-0.4, -0.2) is 26.1 Å². The highest BCUT2D eigenvalue weighted by Crippen LogP contribution is 2.12. The van der Waals surface area contributed by atoms with Gasteiger partial charge in [0.15, 0.2) is 11.5 Å². The Morgan fingerprint density at radius 1 is 1.59 bits per heavy atom. The Balaban J connectivity index is 2.01. The molecule has 0 radical (unpaired) electrons. The molecule has 0 aliphatic rings. The molecule has 7 heteroatoms. The van der Waals surface area contributed by atoms with Crippen molar-refractivity contribution >= 4 is 5.91 Å². The summed E-state index contributed by atoms with van der Waals surface area (Å²) in [6, 6.07) is 2.92. The molecule has 88 valence electrons. The van der Waals surface area contributed by atoms with E-state index in [1.54, 1.807) is 6.92 Å². The van der Waals surface area contributed by atoms with E-state index in [0.29, 0.717) is 11.7 Å². The number of hydrogen-bond donors (Lipinski definition) is 2. The van der Waals surface area contributed by atoms with Crippen molar-refractivity contribution in [3.05, 3.63) is 35.7 Å². The predicted molar refractivity (Wildman–Crippen MR) is 56.1 cm³/mol. The van der Waals surface area contributed by atoms with Crippen LogP contribution in [0.25, 0.3) is 0 Å². The number of pyridine rings is 1. The summed E-state index contributed by atoms with van der Waals surface area (Å²) in [5.74, 6) is 0.117. The molecule has 0 unspecified atom stereocenters. The third-order valence-electron chi connectivity index (χ3n) is 1.97. The Kier molecular flexibility index (Phi) is 2.99. The maximum absolute atomic E-state index is 11.6. The molecule has 0 saturated heterocycles. The third kappa shape index (κ3) is 2.57. The lowest BCUT2D eigenvalue weighted by molar-refractivity contribution is 0.0938. The van der Waals surface area contributed by atoms with Gasteiger partial charge in [0.1, 0.15) is 5.75 Å². The minimum absolute atomic E-state index is 0.0382. The van der Waals surface area contributed by atoms with E-state index in [2.05, 4.69) is 20.4 Å². The normalized spacial score (nSPS) is 10.2. The number of aryl methyl sites for hydroxylation is 1. The van der Waals surface area contributed by atoms with Gasteiger partial charge in [0.05, 0.1) is 6.54 Å². The number of aromatic hydroxyl groups is 1. The first-order valence-corrected chi connectivity index (χ1v) is 4.88. The van der Waals surface area contributed by atoms with Gasteiger partial charge in [-0.05, 0) is 19.1 Å². The van der Waals surface area contributed by atoms with Crippen LogP contribution in [0, 0.1) is 6.92 Å². The zero-order valence-electron chi connectivity index (χ0n) is 9.04. The average molecular weight is 234 g/mol. The van der Waals surface area contributed by atoms with Crippen molar-refractivity contribution in [3.8, 4) is 5.75 Å². The van der Waals surface area contributed by atoms with Crippen molar-refractivity contribution in [3.63, 3.8) is 0 Å². The van der Waals surface area contributed by atoms with Gasteiger partial charge in [-0.1, -0.05) is 5.16 Å². The highest BCUT2D eigenvalue weighted by molar-refractivity contribution is 5.94. The van der Waals surface area contributed by atoms with Crippen LogP contribution in [0.1, 0.15) is 22.2 Å². The molecule has 0 aromatic carbocycles. The number of carbonyl (C=O) groups excluding carboxylic acids is 1. The highest BCUT2D eigenvalue weighted by Gasteiger charge is 2.12. The van der Waals surface area contributed by atoms with Crippen LogP contribution < -0.4 is 5.32 Å². The highest BCUT2D eigenvalue weighted by atomic mass is 16.5. The summed E-state index contributed by atoms with van der Waals surface area (Å²) in [7, 11) is 0. The average Bonchev–Trinajstić information content (AvgIpc) is 2.73. The lowest BCUT2D eigenvalue weighted by Crippen LogP contribution is -2.24. The summed E-state index contributed by atoms with van der Waals surface area (Å²) in [5, 5.41) is 15.5. The quantitative estimate of drug-likeness (QED) is 0.797. The Morgan fingerprint density at radius 3 is 3.06 bits per heavy atom. The lowest BCUT2D eigenvalue weighted by Gasteiger charge is -2.02. The van der Waals surface area contributed by atoms with E-state index in [4.69, 9.17) is 4.52 Å². The van der Waals surface area contributed by atoms with E-state index >= 15 is 0 Å². The number of amides is 1. The van der Waals surface area contributed by atoms with Gasteiger partial charge in [-0.25, -0.2) is 4.98 Å². The van der Waals surface area contributed by atoms with E-state index in [-0.39, 0.29) is 18.0 Å². The van der Waals surface area contributed by atoms with Crippen LogP contribution in [0.15, 0.2) is 22.9 Å². The minimum Gasteiger partial charge on any atom is -0.505 e. The Bertz CT molecular complexity index is 538. The van der Waals surface area contributed by atoms with Gasteiger partial charge in [0.25, 0.3) is 5.91 Å². The summed E-state index contributed by atoms with van der Waals surface area (Å²) in [5.41, 5.74) is -0.0382. The summed E-state index contributed by atoms with van der Waals surface area (Å²) in [6.07, 6.45) is 1.42. The molecule has 0 aliphatic heterocycles. The molecule has 2 aromatic rings. The van der Waals surface area contributed by atoms with E-state index in [1.165, 1.54) is 18.3 Å². The van der Waals surface area contributed by atoms with Crippen LogP contribution >= 0.6 is 0 Å². The van der Waals surface area contributed by atoms with Crippen molar-refractivity contribution in [2.24, 2.45) is 0 Å². The SMILES string of the molecule is Cc1noc(CNC(=O)c2ncccc2O)n1. The molecule has 0 atom stereocenters. The minimum atomic E-state index is -0.501. The largest absolute Gasteiger partial charge is 0.505 e. The first-order chi connectivity index (χ1) is 8.16. The number of hydrogen-bond acceptors (Lipinski definition) is 6. The van der Waals surface area contributed by atoms with Gasteiger partial charge in [-0.15, -0.1) is 0 Å². The van der Waals surface area contributed by atoms with Crippen molar-refractivity contribution in [2.75, 3.05) is 0 Å². The maximum atomic E-state index is 11.6. The van der Waals surface area contributed by atoms with E-state index in [9.17, 15) is 9.90 Å². The molecule has 0 saturated carbocycles. The molecule has 2 rings (SSSR count). The van der Waals surface area contributed by atoms with Crippen LogP contribution in [-0.2, 0) is 6.54 Å². The number of nitrogens with zero attached hydrogens (tertiary/aromatic N) is 3. The van der Waals surface area contributed by atoms with Gasteiger partial charge in [0, 0.05) is 6.20 Å². The molecule has 17 heavy (non-hydrogen) atoms. The van der Waals surface area contributed by atoms with E-state index < -0.39 is 5.91 Å². The fourth-order valence-corrected chi connectivity index (χ4v) is 1.22. The number of nitrogens with one attached hydrogen (secondary N) is 1. The molecular formula is C10H10N4O3. The van der Waals surface area contributed by atoms with Crippen LogP contribution in [0.3, 0.4) is 0 Å². The Morgan fingerprint density at radius 2 is 2.41 bits per heavy atom. The first kappa shape index (κ1) is 11.1. The zero-order valence-corrected chi connectivity index (χ0v) is 9.04. The Labute approximate surface area is 96.5 Å². The van der Waals surface area contributed by atoms with Crippen LogP contribution in [0.4, 0.5) is 0 Å². The van der Waals surface area contributed by atoms with Gasteiger partial charge >= 0.3 is 0 Å². The lowest BCUT2D eigenvalue weighted by atomic mass is 10.3. The predicted octanol–water partition coefficient (Wildman–Crippen LogP) is 0.409. The van der Waals surface area contributed by atoms with Crippen molar-refractivity contribution in [1.82, 2.24) is 20.4 Å². The maximum Gasteiger partial charge on any atom is 0.274 e. The monoisotopic (exact) mass is 234 g/mol. The van der Waals surface area contributed by atoms with Gasteiger partial charge in [-0.2, -0.15) is 4.98 Å². The summed E-state index contributed by atoms with van der Waals surface area (Å²) in [6.45, 7) is 1.77. The van der Waals surface area contributed by atoms with Crippen LogP contribution in [0.5, 0.6) is 5.75 Å². The molecule has 2 N–H and O–H groups in total. The fraction of sp³-hybridized carbons (Fsp3) is 0.200. The number of aromatic nitrogens is 3. The molecule has 7 nitrogen and oxygen atoms in total. The molecule has 2 aromatic heterocycles. The molecule has 0 aliphatic carbocycles. The summed E-state index contributed by atoms with van der Waals surface area (Å²) in [4.78, 5) is 19.3. The smallest absolute Gasteiger partial charge is 0.274 e. The fourth-order valence-electron chi connectivity index (χ4n) is 1.22. The van der Waals surface area contributed by atoms with Gasteiger partial charge in [-0.3, -0.25) is 4.79 Å². The number of carbonyl (C=O) groups is 1. The van der Waals surface area contributed by atoms with Gasteiger partial charge in [0.2, 0.25) is 5.89 Å². The molecule has 0 fully saturated rings. The van der Waals surface area contributed by atoms with E-state index in [0.717, 1.165) is 0 Å². The van der Waals surface area contributed by atoms with Crippen molar-refractivity contribution in [1.29, 1.82) is 0 Å². The molecular weight excluding hydrogens is 224 g/mol. The van der Waals surface area contributed by atoms with Crippen molar-refractivity contribution < 1.29 is 14.4 Å². The standard InChI is InChI=1S/C10H10N4O3/c1-6-13-8(17-14-6)5-12-10(16)9-7(15)3-2-4-11-9/h2-4,15H,5H2,1H3,(H,12,16). The number of rotatable bonds is 3. The summed E-state index contributed by atoms with van der Waals surface area (Å²) >= 11 is 0.